The Labute approximate surface area is 363 Å². The van der Waals surface area contributed by atoms with Gasteiger partial charge in [0.1, 0.15) is 11.7 Å². The Bertz CT molecular complexity index is 3090. The Hall–Kier alpha value is -7.60. The summed E-state index contributed by atoms with van der Waals surface area (Å²) in [6, 6.07) is 77.6. The number of rotatable bonds is 9. The van der Waals surface area contributed by atoms with Gasteiger partial charge in [0.2, 0.25) is 0 Å². The summed E-state index contributed by atoms with van der Waals surface area (Å²) in [4.78, 5) is 10.3. The van der Waals surface area contributed by atoms with Gasteiger partial charge in [-0.15, -0.1) is 0 Å². The first-order valence-corrected chi connectivity index (χ1v) is 23.5. The number of amidine groups is 2. The lowest BCUT2D eigenvalue weighted by Gasteiger charge is -2.34. The molecule has 0 bridgehead atoms. The molecule has 1 aromatic heterocycles. The van der Waals surface area contributed by atoms with Gasteiger partial charge in [-0.05, 0) is 80.6 Å². The highest BCUT2D eigenvalue weighted by Crippen LogP contribution is 2.35. The molecule has 1 aliphatic heterocycles. The normalized spacial score (nSPS) is 15.2. The highest BCUT2D eigenvalue weighted by molar-refractivity contribution is 7.19. The van der Waals surface area contributed by atoms with Crippen LogP contribution in [0.5, 0.6) is 0 Å². The van der Waals surface area contributed by atoms with E-state index in [9.17, 15) is 0 Å². The first-order valence-electron chi connectivity index (χ1n) is 21.5. The number of para-hydroxylation sites is 1. The van der Waals surface area contributed by atoms with Crippen LogP contribution in [-0.4, -0.2) is 24.3 Å². The molecular weight excluding hydrogens is 769 g/mol. The van der Waals surface area contributed by atoms with Gasteiger partial charge in [0.25, 0.3) is 0 Å². The second-order valence-electron chi connectivity index (χ2n) is 16.1. The summed E-state index contributed by atoms with van der Waals surface area (Å²) in [5.74, 6) is 1.67. The van der Waals surface area contributed by atoms with E-state index in [2.05, 4.69) is 234 Å². The van der Waals surface area contributed by atoms with Gasteiger partial charge in [-0.1, -0.05) is 200 Å². The van der Waals surface area contributed by atoms with E-state index in [1.165, 1.54) is 42.6 Å². The van der Waals surface area contributed by atoms with Crippen LogP contribution < -0.4 is 26.1 Å². The second kappa shape index (κ2) is 16.1. The molecule has 1 N–H and O–H groups in total. The van der Waals surface area contributed by atoms with Crippen LogP contribution in [0.25, 0.3) is 38.6 Å². The van der Waals surface area contributed by atoms with Crippen molar-refractivity contribution >= 4 is 62.3 Å². The molecule has 1 aliphatic carbocycles. The van der Waals surface area contributed by atoms with Gasteiger partial charge in [0, 0.05) is 27.6 Å². The largest absolute Gasteiger partial charge is 0.324 e. The number of benzene rings is 8. The summed E-state index contributed by atoms with van der Waals surface area (Å²) in [5, 5.41) is 11.5. The summed E-state index contributed by atoms with van der Waals surface area (Å²) in [6.07, 6.45) is 8.38. The van der Waals surface area contributed by atoms with Gasteiger partial charge in [-0.2, -0.15) is 0 Å². The molecule has 0 fully saturated rings. The van der Waals surface area contributed by atoms with E-state index in [0.717, 1.165) is 57.9 Å². The van der Waals surface area contributed by atoms with Crippen molar-refractivity contribution in [1.29, 1.82) is 0 Å². The maximum atomic E-state index is 5.19. The maximum absolute atomic E-state index is 5.19. The number of aliphatic imine (C=N–C) groups is 2. The smallest absolute Gasteiger partial charge is 0.179 e. The molecule has 62 heavy (non-hydrogen) atoms. The molecule has 4 nitrogen and oxygen atoms in total. The van der Waals surface area contributed by atoms with Crippen LogP contribution in [0.15, 0.2) is 246 Å². The van der Waals surface area contributed by atoms with Gasteiger partial charge in [0.15, 0.2) is 14.2 Å². The zero-order valence-corrected chi connectivity index (χ0v) is 35.3. The van der Waals surface area contributed by atoms with Crippen LogP contribution in [0.3, 0.4) is 0 Å². The molecule has 9 aromatic rings. The molecule has 0 amide bonds. The number of hydrogen-bond acceptors (Lipinski definition) is 3. The maximum Gasteiger partial charge on any atom is 0.179 e. The number of nitrogens with zero attached hydrogens (tertiary/aromatic N) is 3. The lowest BCUT2D eigenvalue weighted by Crippen LogP contribution is -2.74. The van der Waals surface area contributed by atoms with Gasteiger partial charge in [0.05, 0.1) is 11.0 Å². The van der Waals surface area contributed by atoms with Crippen molar-refractivity contribution in [3.63, 3.8) is 0 Å². The zero-order valence-electron chi connectivity index (χ0n) is 34.3. The Kier molecular flexibility index (Phi) is 9.72. The predicted octanol–water partition coefficient (Wildman–Crippen LogP) is 10.6. The Morgan fingerprint density at radius 1 is 0.452 bits per heavy atom. The van der Waals surface area contributed by atoms with Crippen molar-refractivity contribution in [2.75, 3.05) is 0 Å². The molecule has 2 heterocycles. The summed E-state index contributed by atoms with van der Waals surface area (Å²) >= 11 is 0. The molecule has 0 saturated carbocycles. The molecule has 5 heteroatoms. The SMILES string of the molecule is C1=CC(C2=NC(c3ccccc3)N=C(c3cccc(-n4c5ccccc5c5cc(-c6ccc([Si](c7ccccc7)(c7ccccc7)c7ccccc7)cc6)ccc54)c3)N2)=CCC1. The third kappa shape index (κ3) is 6.64. The van der Waals surface area contributed by atoms with Crippen LogP contribution in [0, 0.1) is 0 Å². The Morgan fingerprint density at radius 3 is 1.69 bits per heavy atom. The molecular formula is C57H44N4Si. The van der Waals surface area contributed by atoms with Crippen molar-refractivity contribution in [1.82, 2.24) is 9.88 Å². The minimum atomic E-state index is -2.62. The predicted molar refractivity (Wildman–Crippen MR) is 263 cm³/mol. The monoisotopic (exact) mass is 812 g/mol. The fourth-order valence-corrected chi connectivity index (χ4v) is 14.3. The molecule has 8 aromatic carbocycles. The lowest BCUT2D eigenvalue weighted by atomic mass is 10.0. The first-order chi connectivity index (χ1) is 30.7. The number of aromatic nitrogens is 1. The van der Waals surface area contributed by atoms with Gasteiger partial charge < -0.3 is 9.88 Å². The summed E-state index contributed by atoms with van der Waals surface area (Å²) in [6.45, 7) is 0. The van der Waals surface area contributed by atoms with Gasteiger partial charge >= 0.3 is 0 Å². The molecule has 0 radical (unpaired) electrons. The minimum Gasteiger partial charge on any atom is -0.324 e. The molecule has 1 unspecified atom stereocenters. The van der Waals surface area contributed by atoms with Crippen molar-refractivity contribution in [3.8, 4) is 16.8 Å². The van der Waals surface area contributed by atoms with Crippen LogP contribution in [0.2, 0.25) is 0 Å². The van der Waals surface area contributed by atoms with Crippen molar-refractivity contribution in [3.05, 3.63) is 247 Å². The third-order valence-electron chi connectivity index (χ3n) is 12.4. The molecule has 1 atom stereocenters. The highest BCUT2D eigenvalue weighted by Gasteiger charge is 2.41. The Morgan fingerprint density at radius 2 is 1.03 bits per heavy atom. The molecule has 0 saturated heterocycles. The van der Waals surface area contributed by atoms with Crippen molar-refractivity contribution < 1.29 is 0 Å². The highest BCUT2D eigenvalue weighted by atomic mass is 28.3. The van der Waals surface area contributed by atoms with E-state index < -0.39 is 8.07 Å². The average Bonchev–Trinajstić information content (AvgIpc) is 3.70. The Balaban J connectivity index is 0.990. The van der Waals surface area contributed by atoms with Crippen LogP contribution in [0.1, 0.15) is 30.1 Å². The number of fused-ring (bicyclic) bond motifs is 3. The van der Waals surface area contributed by atoms with E-state index in [1.54, 1.807) is 0 Å². The van der Waals surface area contributed by atoms with Crippen LogP contribution >= 0.6 is 0 Å². The van der Waals surface area contributed by atoms with E-state index in [0.29, 0.717) is 0 Å². The van der Waals surface area contributed by atoms with Gasteiger partial charge in [-0.3, -0.25) is 0 Å². The topological polar surface area (TPSA) is 41.7 Å². The molecule has 2 aliphatic rings. The number of hydrogen-bond donors (Lipinski definition) is 1. The third-order valence-corrected chi connectivity index (χ3v) is 17.2. The first kappa shape index (κ1) is 37.4. The van der Waals surface area contributed by atoms with E-state index >= 15 is 0 Å². The van der Waals surface area contributed by atoms with Crippen LogP contribution in [-0.2, 0) is 0 Å². The molecule has 296 valence electrons. The quantitative estimate of drug-likeness (QED) is 0.114. The standard InChI is InChI=1S/C57H44N4Si/c1-6-19-42(20-7-1)55-58-56(43-21-8-2-9-22-43)60-57(59-55)45-23-18-24-46(39-45)61-53-32-17-16-31-51(53)52-40-44(35-38-54(52)61)41-33-36-50(37-34-41)62(47-25-10-3-11-26-47,48-27-12-4-13-28-48)49-29-14-5-15-30-49/h1,3-8,10-40,55H,2,9H2,(H,58,59,60). The molecule has 0 spiro atoms. The number of nitrogens with one attached hydrogen (secondary N) is 1. The average molecular weight is 813 g/mol. The molecule has 11 rings (SSSR count). The second-order valence-corrected chi connectivity index (χ2v) is 19.9. The fraction of sp³-hybridized carbons (Fsp3) is 0.0526. The summed E-state index contributed by atoms with van der Waals surface area (Å²) in [5.41, 5.74) is 8.98. The lowest BCUT2D eigenvalue weighted by molar-refractivity contribution is 0.755. The summed E-state index contributed by atoms with van der Waals surface area (Å²) in [7, 11) is -2.62. The minimum absolute atomic E-state index is 0.336. The van der Waals surface area contributed by atoms with Gasteiger partial charge in [-0.25, -0.2) is 9.98 Å². The summed E-state index contributed by atoms with van der Waals surface area (Å²) < 4.78 is 2.39. The zero-order chi connectivity index (χ0) is 41.3. The van der Waals surface area contributed by atoms with E-state index in [-0.39, 0.29) is 6.17 Å². The van der Waals surface area contributed by atoms with Crippen LogP contribution in [0.4, 0.5) is 0 Å². The van der Waals surface area contributed by atoms with Crippen molar-refractivity contribution in [2.45, 2.75) is 19.0 Å². The number of allylic oxidation sites excluding steroid dienone is 2. The fourth-order valence-electron chi connectivity index (χ4n) is 9.51. The van der Waals surface area contributed by atoms with E-state index in [1.807, 2.05) is 6.07 Å². The van der Waals surface area contributed by atoms with Crippen molar-refractivity contribution in [2.24, 2.45) is 9.98 Å². The van der Waals surface area contributed by atoms with E-state index in [4.69, 9.17) is 9.98 Å².